The number of amides is 1. The highest BCUT2D eigenvalue weighted by molar-refractivity contribution is 5.78. The number of carbonyl (C=O) groups excluding carboxylic acids is 1. The van der Waals surface area contributed by atoms with Crippen molar-refractivity contribution in [1.82, 2.24) is 25.0 Å². The number of furan rings is 1. The molecule has 10 heteroatoms. The van der Waals surface area contributed by atoms with Crippen LogP contribution < -0.4 is 0 Å². The van der Waals surface area contributed by atoms with Crippen molar-refractivity contribution < 1.29 is 22.4 Å². The monoisotopic (exact) mass is 385 g/mol. The standard InChI is InChI=1S/C17H22F3N5O2/c1-12-21-16(23-22-12)13-4-2-6-24(8-13)10-15(26)25(11-17(18,19)20)9-14-5-3-7-27-14/h3,5,7,13H,2,4,6,8-11H2,1H3,(H,21,22,23). The maximum atomic E-state index is 12.9. The molecule has 1 N–H and O–H groups in total. The van der Waals surface area contributed by atoms with Crippen LogP contribution >= 0.6 is 0 Å². The fraction of sp³-hybridized carbons (Fsp3) is 0.588. The number of hydrogen-bond donors (Lipinski definition) is 1. The minimum Gasteiger partial charge on any atom is -0.467 e. The van der Waals surface area contributed by atoms with Crippen LogP contribution in [0.1, 0.15) is 36.2 Å². The molecule has 3 heterocycles. The molecule has 148 valence electrons. The topological polar surface area (TPSA) is 78.3 Å². The highest BCUT2D eigenvalue weighted by atomic mass is 19.4. The summed E-state index contributed by atoms with van der Waals surface area (Å²) in [6, 6.07) is 3.14. The summed E-state index contributed by atoms with van der Waals surface area (Å²) in [7, 11) is 0. The van der Waals surface area contributed by atoms with E-state index >= 15 is 0 Å². The number of nitrogens with zero attached hydrogens (tertiary/aromatic N) is 4. The van der Waals surface area contributed by atoms with E-state index in [0.29, 0.717) is 30.5 Å². The Balaban J connectivity index is 1.63. The summed E-state index contributed by atoms with van der Waals surface area (Å²) in [6.07, 6.45) is -1.37. The number of aromatic amines is 1. The van der Waals surface area contributed by atoms with Crippen LogP contribution in [0.5, 0.6) is 0 Å². The molecule has 2 aromatic heterocycles. The lowest BCUT2D eigenvalue weighted by atomic mass is 9.97. The van der Waals surface area contributed by atoms with Gasteiger partial charge in [-0.25, -0.2) is 4.98 Å². The van der Waals surface area contributed by atoms with Gasteiger partial charge in [0.25, 0.3) is 0 Å². The van der Waals surface area contributed by atoms with Crippen LogP contribution in [0.4, 0.5) is 13.2 Å². The Bertz CT molecular complexity index is 744. The number of aryl methyl sites for hydroxylation is 1. The lowest BCUT2D eigenvalue weighted by molar-refractivity contribution is -0.163. The van der Waals surface area contributed by atoms with Gasteiger partial charge >= 0.3 is 6.18 Å². The maximum Gasteiger partial charge on any atom is 0.406 e. The van der Waals surface area contributed by atoms with E-state index in [1.165, 1.54) is 6.26 Å². The zero-order valence-corrected chi connectivity index (χ0v) is 15.0. The van der Waals surface area contributed by atoms with E-state index in [1.54, 1.807) is 12.1 Å². The van der Waals surface area contributed by atoms with Crippen LogP contribution in [-0.4, -0.2) is 63.2 Å². The second-order valence-electron chi connectivity index (χ2n) is 6.80. The molecule has 1 aliphatic rings. The third-order valence-corrected chi connectivity index (χ3v) is 4.49. The number of piperidine rings is 1. The lowest BCUT2D eigenvalue weighted by Crippen LogP contribution is -2.46. The number of hydrogen-bond acceptors (Lipinski definition) is 5. The Morgan fingerprint density at radius 1 is 1.48 bits per heavy atom. The van der Waals surface area contributed by atoms with E-state index < -0.39 is 18.6 Å². The lowest BCUT2D eigenvalue weighted by Gasteiger charge is -2.32. The molecule has 1 unspecified atom stereocenters. The second-order valence-corrected chi connectivity index (χ2v) is 6.80. The predicted octanol–water partition coefficient (Wildman–Crippen LogP) is 2.48. The van der Waals surface area contributed by atoms with Crippen molar-refractivity contribution in [3.05, 3.63) is 35.8 Å². The highest BCUT2D eigenvalue weighted by Crippen LogP contribution is 2.25. The number of nitrogens with one attached hydrogen (secondary N) is 1. The van der Waals surface area contributed by atoms with E-state index in [9.17, 15) is 18.0 Å². The fourth-order valence-electron chi connectivity index (χ4n) is 3.28. The van der Waals surface area contributed by atoms with Crippen molar-refractivity contribution in [1.29, 1.82) is 0 Å². The first-order chi connectivity index (χ1) is 12.8. The van der Waals surface area contributed by atoms with Gasteiger partial charge in [-0.05, 0) is 38.4 Å². The zero-order chi connectivity index (χ0) is 19.4. The maximum absolute atomic E-state index is 12.9. The van der Waals surface area contributed by atoms with Crippen LogP contribution in [-0.2, 0) is 11.3 Å². The van der Waals surface area contributed by atoms with Crippen molar-refractivity contribution in [2.45, 2.75) is 38.4 Å². The van der Waals surface area contributed by atoms with E-state index in [4.69, 9.17) is 4.42 Å². The zero-order valence-electron chi connectivity index (χ0n) is 15.0. The quantitative estimate of drug-likeness (QED) is 0.827. The van der Waals surface area contributed by atoms with Crippen LogP contribution in [0.3, 0.4) is 0 Å². The van der Waals surface area contributed by atoms with Gasteiger partial charge in [0.2, 0.25) is 5.91 Å². The normalized spacial score (nSPS) is 18.6. The van der Waals surface area contributed by atoms with Crippen LogP contribution in [0.15, 0.2) is 22.8 Å². The Kier molecular flexibility index (Phi) is 5.83. The molecule has 0 aliphatic carbocycles. The van der Waals surface area contributed by atoms with Gasteiger partial charge in [-0.15, -0.1) is 0 Å². The number of likely N-dealkylation sites (tertiary alicyclic amines) is 1. The van der Waals surface area contributed by atoms with Crippen molar-refractivity contribution in [2.24, 2.45) is 0 Å². The molecule has 1 aliphatic heterocycles. The van der Waals surface area contributed by atoms with Crippen LogP contribution in [0.25, 0.3) is 0 Å². The molecule has 3 rings (SSSR count). The van der Waals surface area contributed by atoms with Crippen LogP contribution in [0, 0.1) is 6.92 Å². The molecular weight excluding hydrogens is 363 g/mol. The summed E-state index contributed by atoms with van der Waals surface area (Å²) in [4.78, 5) is 19.6. The number of halogens is 3. The highest BCUT2D eigenvalue weighted by Gasteiger charge is 2.34. The summed E-state index contributed by atoms with van der Waals surface area (Å²) in [6.45, 7) is 1.43. The van der Waals surface area contributed by atoms with Crippen molar-refractivity contribution in [3.63, 3.8) is 0 Å². The van der Waals surface area contributed by atoms with Gasteiger partial charge in [0.05, 0.1) is 19.4 Å². The summed E-state index contributed by atoms with van der Waals surface area (Å²) in [5, 5.41) is 6.97. The Morgan fingerprint density at radius 2 is 2.30 bits per heavy atom. The Morgan fingerprint density at radius 3 is 2.93 bits per heavy atom. The molecule has 1 fully saturated rings. The largest absolute Gasteiger partial charge is 0.467 e. The molecule has 0 bridgehead atoms. The van der Waals surface area contributed by atoms with E-state index in [0.717, 1.165) is 17.7 Å². The van der Waals surface area contributed by atoms with Crippen molar-refractivity contribution >= 4 is 5.91 Å². The number of aromatic nitrogens is 3. The molecule has 27 heavy (non-hydrogen) atoms. The van der Waals surface area contributed by atoms with E-state index in [-0.39, 0.29) is 19.0 Å². The molecule has 1 saturated heterocycles. The van der Waals surface area contributed by atoms with Gasteiger partial charge in [-0.1, -0.05) is 0 Å². The summed E-state index contributed by atoms with van der Waals surface area (Å²) < 4.78 is 43.8. The SMILES string of the molecule is Cc1nc(C2CCCN(CC(=O)N(Cc3ccco3)CC(F)(F)F)C2)n[nH]1. The number of H-pyrrole nitrogens is 1. The molecule has 0 aromatic carbocycles. The van der Waals surface area contributed by atoms with Gasteiger partial charge in [0.15, 0.2) is 5.82 Å². The molecule has 7 nitrogen and oxygen atoms in total. The molecule has 0 spiro atoms. The average Bonchev–Trinajstić information content (AvgIpc) is 3.25. The molecule has 1 amide bonds. The first kappa shape index (κ1) is 19.4. The summed E-state index contributed by atoms with van der Waals surface area (Å²) >= 11 is 0. The Labute approximate surface area is 154 Å². The van der Waals surface area contributed by atoms with Gasteiger partial charge < -0.3 is 9.32 Å². The Hall–Kier alpha value is -2.36. The third-order valence-electron chi connectivity index (χ3n) is 4.49. The summed E-state index contributed by atoms with van der Waals surface area (Å²) in [5.74, 6) is 1.22. The van der Waals surface area contributed by atoms with E-state index in [1.807, 2.05) is 11.8 Å². The average molecular weight is 385 g/mol. The number of carbonyl (C=O) groups is 1. The minimum atomic E-state index is -4.47. The van der Waals surface area contributed by atoms with Crippen LogP contribution in [0.2, 0.25) is 0 Å². The van der Waals surface area contributed by atoms with Gasteiger partial charge in [0, 0.05) is 12.5 Å². The second kappa shape index (κ2) is 8.12. The third kappa shape index (κ3) is 5.56. The molecule has 0 radical (unpaired) electrons. The van der Waals surface area contributed by atoms with Gasteiger partial charge in [-0.3, -0.25) is 14.8 Å². The summed E-state index contributed by atoms with van der Waals surface area (Å²) in [5.41, 5.74) is 0. The van der Waals surface area contributed by atoms with Gasteiger partial charge in [-0.2, -0.15) is 18.3 Å². The fourth-order valence-corrected chi connectivity index (χ4v) is 3.28. The minimum absolute atomic E-state index is 0.0673. The molecule has 2 aromatic rings. The van der Waals surface area contributed by atoms with Crippen molar-refractivity contribution in [3.8, 4) is 0 Å². The van der Waals surface area contributed by atoms with Gasteiger partial charge in [0.1, 0.15) is 18.1 Å². The molecule has 1 atom stereocenters. The van der Waals surface area contributed by atoms with E-state index in [2.05, 4.69) is 15.2 Å². The number of alkyl halides is 3. The smallest absolute Gasteiger partial charge is 0.406 e. The van der Waals surface area contributed by atoms with Crippen molar-refractivity contribution in [2.75, 3.05) is 26.2 Å². The molecular formula is C17H22F3N5O2. The predicted molar refractivity (Wildman–Crippen MR) is 89.7 cm³/mol. The first-order valence-electron chi connectivity index (χ1n) is 8.78. The molecule has 0 saturated carbocycles. The number of rotatable bonds is 6. The first-order valence-corrected chi connectivity index (χ1v) is 8.78.